The molecule has 0 atom stereocenters. The number of halogens is 2. The normalized spacial score (nSPS) is 20.3. The summed E-state index contributed by atoms with van der Waals surface area (Å²) in [4.78, 5) is 24.9. The van der Waals surface area contributed by atoms with E-state index >= 15 is 4.39 Å². The molecular formula is C20H27F2N7O. The van der Waals surface area contributed by atoms with E-state index in [-0.39, 0.29) is 25.2 Å². The molecule has 0 unspecified atom stereocenters. The number of H-pyrrole nitrogens is 1. The predicted octanol–water partition coefficient (Wildman–Crippen LogP) is 2.66. The molecule has 2 aromatic heterocycles. The van der Waals surface area contributed by atoms with Gasteiger partial charge in [0.05, 0.1) is 24.0 Å². The zero-order valence-corrected chi connectivity index (χ0v) is 17.7. The van der Waals surface area contributed by atoms with E-state index in [0.717, 1.165) is 6.20 Å². The number of aromatic amines is 1. The molecular weight excluding hydrogens is 392 g/mol. The van der Waals surface area contributed by atoms with Crippen LogP contribution in [0.3, 0.4) is 0 Å². The number of carbonyl (C=O) groups is 1. The zero-order chi connectivity index (χ0) is 21.7. The van der Waals surface area contributed by atoms with Crippen molar-refractivity contribution in [1.29, 1.82) is 0 Å². The van der Waals surface area contributed by atoms with E-state index in [2.05, 4.69) is 25.5 Å². The zero-order valence-electron chi connectivity index (χ0n) is 17.7. The number of alkyl halides is 1. The molecule has 4 rings (SSSR count). The molecule has 1 amide bonds. The fourth-order valence-electron chi connectivity index (χ4n) is 4.15. The predicted molar refractivity (Wildman–Crippen MR) is 107 cm³/mol. The van der Waals surface area contributed by atoms with Crippen molar-refractivity contribution in [3.63, 3.8) is 0 Å². The lowest BCUT2D eigenvalue weighted by Crippen LogP contribution is -2.54. The van der Waals surface area contributed by atoms with Gasteiger partial charge in [0.2, 0.25) is 0 Å². The number of aryl methyl sites for hydroxylation is 1. The second-order valence-corrected chi connectivity index (χ2v) is 8.61. The summed E-state index contributed by atoms with van der Waals surface area (Å²) in [6, 6.07) is 0. The second kappa shape index (κ2) is 7.26. The van der Waals surface area contributed by atoms with Gasteiger partial charge < -0.3 is 15.1 Å². The Bertz CT molecular complexity index is 966. The van der Waals surface area contributed by atoms with Gasteiger partial charge in [0.1, 0.15) is 5.82 Å². The lowest BCUT2D eigenvalue weighted by molar-refractivity contribution is -0.153. The summed E-state index contributed by atoms with van der Waals surface area (Å²) in [7, 11) is 1.93. The van der Waals surface area contributed by atoms with Crippen LogP contribution in [0.2, 0.25) is 0 Å². The van der Waals surface area contributed by atoms with Crippen LogP contribution in [0.25, 0.3) is 0 Å². The molecule has 0 spiro atoms. The fraction of sp³-hybridized carbons (Fsp3) is 0.600. The fourth-order valence-corrected chi connectivity index (χ4v) is 4.15. The van der Waals surface area contributed by atoms with Crippen molar-refractivity contribution in [1.82, 2.24) is 30.0 Å². The van der Waals surface area contributed by atoms with Gasteiger partial charge in [-0.1, -0.05) is 6.92 Å². The van der Waals surface area contributed by atoms with Crippen molar-refractivity contribution in [2.45, 2.75) is 57.8 Å². The van der Waals surface area contributed by atoms with Gasteiger partial charge in [-0.25, -0.2) is 18.7 Å². The van der Waals surface area contributed by atoms with Gasteiger partial charge in [0.25, 0.3) is 5.91 Å². The average molecular weight is 419 g/mol. The quantitative estimate of drug-likeness (QED) is 0.792. The molecule has 4 heterocycles. The summed E-state index contributed by atoms with van der Waals surface area (Å²) in [5.74, 6) is -0.189. The standard InChI is InChI=1S/C20H27F2N7O/c1-5-14-23-10-13(21)17(24-14)25-16-12-11-29(19(2,3)15(12)26-27-16)18(30)20(22)6-8-28(4)9-7-20/h10H,5-9,11H2,1-4H3,(H2,23,24,25,26,27). The number of anilines is 2. The molecule has 2 aliphatic heterocycles. The Morgan fingerprint density at radius 3 is 2.67 bits per heavy atom. The number of nitrogens with zero attached hydrogens (tertiary/aromatic N) is 5. The Hall–Kier alpha value is -2.62. The van der Waals surface area contributed by atoms with Gasteiger partial charge in [-0.05, 0) is 20.9 Å². The van der Waals surface area contributed by atoms with E-state index in [1.54, 1.807) is 4.90 Å². The monoisotopic (exact) mass is 419 g/mol. The van der Waals surface area contributed by atoms with Crippen molar-refractivity contribution in [3.8, 4) is 0 Å². The number of rotatable bonds is 4. The molecule has 10 heteroatoms. The molecule has 1 saturated heterocycles. The topological polar surface area (TPSA) is 90.0 Å². The molecule has 2 N–H and O–H groups in total. The van der Waals surface area contributed by atoms with E-state index in [9.17, 15) is 9.18 Å². The van der Waals surface area contributed by atoms with Crippen molar-refractivity contribution in [2.24, 2.45) is 0 Å². The highest BCUT2D eigenvalue weighted by Gasteiger charge is 2.51. The largest absolute Gasteiger partial charge is 0.325 e. The first-order chi connectivity index (χ1) is 14.2. The molecule has 2 aliphatic rings. The molecule has 162 valence electrons. The average Bonchev–Trinajstić information content (AvgIpc) is 3.23. The molecule has 0 aromatic carbocycles. The number of likely N-dealkylation sites (tertiary alicyclic amines) is 1. The van der Waals surface area contributed by atoms with Gasteiger partial charge >= 0.3 is 0 Å². The summed E-state index contributed by atoms with van der Waals surface area (Å²) in [5, 5.41) is 10.1. The first-order valence-electron chi connectivity index (χ1n) is 10.2. The van der Waals surface area contributed by atoms with Crippen LogP contribution < -0.4 is 5.32 Å². The van der Waals surface area contributed by atoms with Crippen LogP contribution in [-0.2, 0) is 23.3 Å². The van der Waals surface area contributed by atoms with Crippen molar-refractivity contribution >= 4 is 17.5 Å². The first kappa shape index (κ1) is 20.6. The highest BCUT2D eigenvalue weighted by Crippen LogP contribution is 2.43. The summed E-state index contributed by atoms with van der Waals surface area (Å²) in [6.45, 7) is 6.88. The molecule has 0 aliphatic carbocycles. The van der Waals surface area contributed by atoms with Crippen molar-refractivity contribution in [3.05, 3.63) is 29.1 Å². The third kappa shape index (κ3) is 3.32. The Balaban J connectivity index is 1.60. The van der Waals surface area contributed by atoms with E-state index in [0.29, 0.717) is 42.4 Å². The van der Waals surface area contributed by atoms with E-state index in [1.807, 2.05) is 32.7 Å². The van der Waals surface area contributed by atoms with Crippen molar-refractivity contribution < 1.29 is 13.6 Å². The smallest absolute Gasteiger partial charge is 0.261 e. The van der Waals surface area contributed by atoms with Crippen LogP contribution in [0.4, 0.5) is 20.4 Å². The van der Waals surface area contributed by atoms with Gasteiger partial charge in [0, 0.05) is 37.9 Å². The Labute approximate surface area is 174 Å². The van der Waals surface area contributed by atoms with E-state index < -0.39 is 22.9 Å². The molecule has 0 saturated carbocycles. The van der Waals surface area contributed by atoms with E-state index in [1.165, 1.54) is 0 Å². The van der Waals surface area contributed by atoms with Gasteiger partial charge in [-0.15, -0.1) is 0 Å². The summed E-state index contributed by atoms with van der Waals surface area (Å²) < 4.78 is 29.7. The Morgan fingerprint density at radius 1 is 1.30 bits per heavy atom. The highest BCUT2D eigenvalue weighted by atomic mass is 19.1. The molecule has 8 nitrogen and oxygen atoms in total. The molecule has 0 bridgehead atoms. The minimum absolute atomic E-state index is 0.0241. The Morgan fingerprint density at radius 2 is 2.00 bits per heavy atom. The number of hydrogen-bond acceptors (Lipinski definition) is 6. The molecule has 2 aromatic rings. The number of amides is 1. The van der Waals surface area contributed by atoms with E-state index in [4.69, 9.17) is 0 Å². The van der Waals surface area contributed by atoms with Gasteiger partial charge in [-0.3, -0.25) is 9.89 Å². The lowest BCUT2D eigenvalue weighted by atomic mass is 9.90. The lowest BCUT2D eigenvalue weighted by Gasteiger charge is -2.40. The molecule has 1 fully saturated rings. The van der Waals surface area contributed by atoms with Gasteiger partial charge in [-0.2, -0.15) is 5.10 Å². The van der Waals surface area contributed by atoms with Crippen LogP contribution in [0.5, 0.6) is 0 Å². The number of nitrogens with one attached hydrogen (secondary N) is 2. The molecule has 0 radical (unpaired) electrons. The van der Waals surface area contributed by atoms with Crippen LogP contribution in [-0.4, -0.2) is 61.7 Å². The number of hydrogen-bond donors (Lipinski definition) is 2. The van der Waals surface area contributed by atoms with Gasteiger partial charge in [0.15, 0.2) is 23.1 Å². The SMILES string of the molecule is CCc1ncc(F)c(Nc2n[nH]c3c2CN(C(=O)C2(F)CCN(C)CC2)C3(C)C)n1. The second-order valence-electron chi connectivity index (χ2n) is 8.61. The minimum Gasteiger partial charge on any atom is -0.325 e. The third-order valence-electron chi connectivity index (χ3n) is 6.23. The molecule has 30 heavy (non-hydrogen) atoms. The maximum Gasteiger partial charge on any atom is 0.261 e. The number of carbonyl (C=O) groups excluding carboxylic acids is 1. The number of piperidine rings is 1. The highest BCUT2D eigenvalue weighted by molar-refractivity contribution is 5.87. The summed E-state index contributed by atoms with van der Waals surface area (Å²) in [5.41, 5.74) is -1.22. The maximum atomic E-state index is 15.5. The van der Waals surface area contributed by atoms with Crippen LogP contribution >= 0.6 is 0 Å². The third-order valence-corrected chi connectivity index (χ3v) is 6.23. The number of aromatic nitrogens is 4. The summed E-state index contributed by atoms with van der Waals surface area (Å²) >= 11 is 0. The van der Waals surface area contributed by atoms with Crippen LogP contribution in [0, 0.1) is 5.82 Å². The van der Waals surface area contributed by atoms with Crippen molar-refractivity contribution in [2.75, 3.05) is 25.5 Å². The van der Waals surface area contributed by atoms with Crippen LogP contribution in [0.1, 0.15) is 50.7 Å². The Kier molecular flexibility index (Phi) is 5.00. The maximum absolute atomic E-state index is 15.5. The number of fused-ring (bicyclic) bond motifs is 1. The first-order valence-corrected chi connectivity index (χ1v) is 10.2. The van der Waals surface area contributed by atoms with Crippen LogP contribution in [0.15, 0.2) is 6.20 Å². The minimum atomic E-state index is -1.87. The summed E-state index contributed by atoms with van der Waals surface area (Å²) in [6.07, 6.45) is 2.04.